The molecule has 122 valence electrons. The van der Waals surface area contributed by atoms with E-state index in [-0.39, 0.29) is 11.7 Å². The number of hydrogen-bond donors (Lipinski definition) is 1. The van der Waals surface area contributed by atoms with Gasteiger partial charge in [-0.1, -0.05) is 24.3 Å². The predicted molar refractivity (Wildman–Crippen MR) is 86.2 cm³/mol. The number of benzene rings is 2. The Morgan fingerprint density at radius 2 is 1.78 bits per heavy atom. The predicted octanol–water partition coefficient (Wildman–Crippen LogP) is 2.96. The molecule has 5 heteroatoms. The van der Waals surface area contributed by atoms with Crippen LogP contribution in [0.5, 0.6) is 11.5 Å². The maximum absolute atomic E-state index is 12.8. The van der Waals surface area contributed by atoms with Gasteiger partial charge < -0.3 is 14.8 Å². The average Bonchev–Trinajstić information content (AvgIpc) is 2.58. The SMILES string of the molecule is COc1ccccc1OCCNC(=O)CCc1ccc(F)cc1. The molecular weight excluding hydrogens is 297 g/mol. The molecule has 0 saturated carbocycles. The Morgan fingerprint density at radius 3 is 2.48 bits per heavy atom. The Labute approximate surface area is 135 Å². The summed E-state index contributed by atoms with van der Waals surface area (Å²) >= 11 is 0. The van der Waals surface area contributed by atoms with Crippen LogP contribution < -0.4 is 14.8 Å². The molecule has 0 bridgehead atoms. The van der Waals surface area contributed by atoms with Gasteiger partial charge in [0.05, 0.1) is 13.7 Å². The zero-order valence-electron chi connectivity index (χ0n) is 13.0. The van der Waals surface area contributed by atoms with Crippen molar-refractivity contribution in [1.82, 2.24) is 5.32 Å². The lowest BCUT2D eigenvalue weighted by Crippen LogP contribution is -2.28. The number of carbonyl (C=O) groups is 1. The molecule has 0 unspecified atom stereocenters. The van der Waals surface area contributed by atoms with Crippen LogP contribution in [0.2, 0.25) is 0 Å². The highest BCUT2D eigenvalue weighted by Crippen LogP contribution is 2.25. The van der Waals surface area contributed by atoms with Crippen LogP contribution in [-0.2, 0) is 11.2 Å². The topological polar surface area (TPSA) is 47.6 Å². The zero-order valence-corrected chi connectivity index (χ0v) is 13.0. The van der Waals surface area contributed by atoms with Gasteiger partial charge in [0, 0.05) is 6.42 Å². The number of hydrogen-bond acceptors (Lipinski definition) is 3. The van der Waals surface area contributed by atoms with Gasteiger partial charge in [0.2, 0.25) is 5.91 Å². The molecule has 2 aromatic carbocycles. The van der Waals surface area contributed by atoms with Crippen molar-refractivity contribution in [2.75, 3.05) is 20.3 Å². The molecule has 0 aliphatic heterocycles. The van der Waals surface area contributed by atoms with E-state index < -0.39 is 0 Å². The lowest BCUT2D eigenvalue weighted by atomic mass is 10.1. The number of methoxy groups -OCH3 is 1. The molecular formula is C18H20FNO3. The number of halogens is 1. The minimum absolute atomic E-state index is 0.0575. The second kappa shape index (κ2) is 8.78. The van der Waals surface area contributed by atoms with Gasteiger partial charge in [-0.25, -0.2) is 4.39 Å². The molecule has 1 N–H and O–H groups in total. The van der Waals surface area contributed by atoms with Crippen LogP contribution in [-0.4, -0.2) is 26.2 Å². The van der Waals surface area contributed by atoms with Crippen LogP contribution in [0, 0.1) is 5.82 Å². The van der Waals surface area contributed by atoms with Crippen LogP contribution >= 0.6 is 0 Å². The van der Waals surface area contributed by atoms with E-state index in [9.17, 15) is 9.18 Å². The van der Waals surface area contributed by atoms with Gasteiger partial charge in [0.25, 0.3) is 0 Å². The molecule has 4 nitrogen and oxygen atoms in total. The summed E-state index contributed by atoms with van der Waals surface area (Å²) in [5.74, 6) is 0.982. The quantitative estimate of drug-likeness (QED) is 0.762. The van der Waals surface area contributed by atoms with Gasteiger partial charge in [-0.2, -0.15) is 0 Å². The number of rotatable bonds is 8. The molecule has 0 aliphatic carbocycles. The molecule has 23 heavy (non-hydrogen) atoms. The Balaban J connectivity index is 1.66. The van der Waals surface area contributed by atoms with Crippen molar-refractivity contribution in [2.45, 2.75) is 12.8 Å². The van der Waals surface area contributed by atoms with E-state index in [4.69, 9.17) is 9.47 Å². The number of carbonyl (C=O) groups excluding carboxylic acids is 1. The maximum Gasteiger partial charge on any atom is 0.220 e. The normalized spacial score (nSPS) is 10.2. The molecule has 0 radical (unpaired) electrons. The fourth-order valence-electron chi connectivity index (χ4n) is 2.09. The molecule has 0 spiro atoms. The van der Waals surface area contributed by atoms with E-state index in [1.54, 1.807) is 19.2 Å². The zero-order chi connectivity index (χ0) is 16.5. The maximum atomic E-state index is 12.8. The van der Waals surface area contributed by atoms with Crippen LogP contribution in [0.25, 0.3) is 0 Å². The third kappa shape index (κ3) is 5.62. The minimum Gasteiger partial charge on any atom is -0.493 e. The molecule has 2 aromatic rings. The van der Waals surface area contributed by atoms with Crippen LogP contribution in [0.15, 0.2) is 48.5 Å². The van der Waals surface area contributed by atoms with Gasteiger partial charge in [-0.05, 0) is 36.2 Å². The fourth-order valence-corrected chi connectivity index (χ4v) is 2.09. The minimum atomic E-state index is -0.272. The summed E-state index contributed by atoms with van der Waals surface area (Å²) < 4.78 is 23.5. The first-order chi connectivity index (χ1) is 11.2. The van der Waals surface area contributed by atoms with Crippen molar-refractivity contribution in [3.8, 4) is 11.5 Å². The lowest BCUT2D eigenvalue weighted by Gasteiger charge is -2.10. The largest absolute Gasteiger partial charge is 0.493 e. The lowest BCUT2D eigenvalue weighted by molar-refractivity contribution is -0.121. The van der Waals surface area contributed by atoms with Crippen molar-refractivity contribution in [1.29, 1.82) is 0 Å². The first-order valence-electron chi connectivity index (χ1n) is 7.46. The van der Waals surface area contributed by atoms with Crippen molar-refractivity contribution in [3.63, 3.8) is 0 Å². The standard InChI is InChI=1S/C18H20FNO3/c1-22-16-4-2-3-5-17(16)23-13-12-20-18(21)11-8-14-6-9-15(19)10-7-14/h2-7,9-10H,8,11-13H2,1H3,(H,20,21). The summed E-state index contributed by atoms with van der Waals surface area (Å²) in [7, 11) is 1.58. The first kappa shape index (κ1) is 16.8. The van der Waals surface area contributed by atoms with Gasteiger partial charge in [-0.15, -0.1) is 0 Å². The van der Waals surface area contributed by atoms with E-state index in [2.05, 4.69) is 5.32 Å². The van der Waals surface area contributed by atoms with Gasteiger partial charge in [-0.3, -0.25) is 4.79 Å². The molecule has 0 heterocycles. The number of para-hydroxylation sites is 2. The highest BCUT2D eigenvalue weighted by Gasteiger charge is 2.04. The van der Waals surface area contributed by atoms with Crippen molar-refractivity contribution >= 4 is 5.91 Å². The summed E-state index contributed by atoms with van der Waals surface area (Å²) in [6.07, 6.45) is 0.944. The van der Waals surface area contributed by atoms with Crippen molar-refractivity contribution in [3.05, 3.63) is 59.9 Å². The van der Waals surface area contributed by atoms with E-state index in [0.29, 0.717) is 37.5 Å². The second-order valence-corrected chi connectivity index (χ2v) is 4.98. The summed E-state index contributed by atoms with van der Waals surface area (Å²) in [4.78, 5) is 11.8. The monoisotopic (exact) mass is 317 g/mol. The van der Waals surface area contributed by atoms with Gasteiger partial charge in [0.1, 0.15) is 12.4 Å². The Morgan fingerprint density at radius 1 is 1.09 bits per heavy atom. The number of ether oxygens (including phenoxy) is 2. The van der Waals surface area contributed by atoms with E-state index >= 15 is 0 Å². The molecule has 0 aliphatic rings. The molecule has 0 fully saturated rings. The van der Waals surface area contributed by atoms with Crippen LogP contribution in [0.1, 0.15) is 12.0 Å². The van der Waals surface area contributed by atoms with Crippen molar-refractivity contribution in [2.24, 2.45) is 0 Å². The highest BCUT2D eigenvalue weighted by atomic mass is 19.1. The number of aryl methyl sites for hydroxylation is 1. The molecule has 0 atom stereocenters. The number of nitrogens with one attached hydrogen (secondary N) is 1. The molecule has 2 rings (SSSR count). The Kier molecular flexibility index (Phi) is 6.41. The fraction of sp³-hybridized carbons (Fsp3) is 0.278. The second-order valence-electron chi connectivity index (χ2n) is 4.98. The smallest absolute Gasteiger partial charge is 0.220 e. The van der Waals surface area contributed by atoms with Gasteiger partial charge >= 0.3 is 0 Å². The van der Waals surface area contributed by atoms with E-state index in [1.165, 1.54) is 12.1 Å². The van der Waals surface area contributed by atoms with Crippen LogP contribution in [0.4, 0.5) is 4.39 Å². The van der Waals surface area contributed by atoms with Crippen molar-refractivity contribution < 1.29 is 18.7 Å². The summed E-state index contributed by atoms with van der Waals surface area (Å²) in [5, 5.41) is 2.79. The Bertz CT molecular complexity index is 628. The first-order valence-corrected chi connectivity index (χ1v) is 7.46. The van der Waals surface area contributed by atoms with E-state index in [0.717, 1.165) is 5.56 Å². The third-order valence-corrected chi connectivity index (χ3v) is 3.30. The molecule has 0 saturated heterocycles. The van der Waals surface area contributed by atoms with Crippen LogP contribution in [0.3, 0.4) is 0 Å². The molecule has 1 amide bonds. The summed E-state index contributed by atoms with van der Waals surface area (Å²) in [5.41, 5.74) is 0.937. The number of amides is 1. The Hall–Kier alpha value is -2.56. The summed E-state index contributed by atoms with van der Waals surface area (Å²) in [6.45, 7) is 0.781. The molecule has 0 aromatic heterocycles. The van der Waals surface area contributed by atoms with E-state index in [1.807, 2.05) is 24.3 Å². The van der Waals surface area contributed by atoms with Gasteiger partial charge in [0.15, 0.2) is 11.5 Å². The third-order valence-electron chi connectivity index (χ3n) is 3.30. The highest BCUT2D eigenvalue weighted by molar-refractivity contribution is 5.76. The summed E-state index contributed by atoms with van der Waals surface area (Å²) in [6, 6.07) is 13.5. The average molecular weight is 317 g/mol.